The van der Waals surface area contributed by atoms with E-state index in [1.165, 1.54) is 72.8 Å². The molecule has 12 heteroatoms. The lowest BCUT2D eigenvalue weighted by Crippen LogP contribution is -2.11. The first kappa shape index (κ1) is 33.0. The Bertz CT molecular complexity index is 1350. The lowest BCUT2D eigenvalue weighted by atomic mass is 10.1. The van der Waals surface area contributed by atoms with Crippen LogP contribution in [0.3, 0.4) is 0 Å². The highest BCUT2D eigenvalue weighted by Crippen LogP contribution is 2.11. The van der Waals surface area contributed by atoms with Gasteiger partial charge in [0.05, 0.1) is 59.8 Å². The highest BCUT2D eigenvalue weighted by molar-refractivity contribution is 5.94. The minimum Gasteiger partial charge on any atom is -0.478 e. The van der Waals surface area contributed by atoms with Crippen LogP contribution in [0.4, 0.5) is 0 Å². The summed E-state index contributed by atoms with van der Waals surface area (Å²) in [6, 6.07) is 16.5. The fourth-order valence-corrected chi connectivity index (χ4v) is 3.64. The molecular weight excluding hydrogens is 576 g/mol. The van der Waals surface area contributed by atoms with Gasteiger partial charge in [0.1, 0.15) is 0 Å². The quantitative estimate of drug-likeness (QED) is 0.131. The molecule has 230 valence electrons. The molecule has 0 amide bonds. The molecule has 0 spiro atoms. The number of carbonyl (C=O) groups is 6. The van der Waals surface area contributed by atoms with Crippen molar-refractivity contribution in [3.8, 4) is 0 Å². The number of hydrogen-bond donors (Lipinski definition) is 2. The second kappa shape index (κ2) is 16.8. The van der Waals surface area contributed by atoms with Crippen LogP contribution in [0.1, 0.15) is 87.8 Å². The first-order valence-corrected chi connectivity index (χ1v) is 13.6. The predicted molar refractivity (Wildman–Crippen MR) is 153 cm³/mol. The van der Waals surface area contributed by atoms with Crippen molar-refractivity contribution in [2.24, 2.45) is 0 Å². The van der Waals surface area contributed by atoms with E-state index in [0.29, 0.717) is 25.7 Å². The minimum atomic E-state index is -1.09. The number of ether oxygens (including phenoxy) is 4. The molecule has 0 aliphatic carbocycles. The summed E-state index contributed by atoms with van der Waals surface area (Å²) in [5.74, 6) is -4.50. The molecule has 0 aromatic heterocycles. The van der Waals surface area contributed by atoms with E-state index in [1.807, 2.05) is 0 Å². The van der Waals surface area contributed by atoms with Gasteiger partial charge in [-0.1, -0.05) is 0 Å². The van der Waals surface area contributed by atoms with Crippen molar-refractivity contribution >= 4 is 35.8 Å². The SMILES string of the molecule is O=C(O)c1ccc(C(=O)OCCCCOC(=O)c2ccc(C(=O)OCCCCOC(=O)c3ccc(C(=O)O)cc3)cc2)cc1. The monoisotopic (exact) mass is 606 g/mol. The summed E-state index contributed by atoms with van der Waals surface area (Å²) >= 11 is 0. The van der Waals surface area contributed by atoms with Gasteiger partial charge in [-0.2, -0.15) is 0 Å². The van der Waals surface area contributed by atoms with E-state index in [9.17, 15) is 28.8 Å². The first-order valence-electron chi connectivity index (χ1n) is 13.6. The van der Waals surface area contributed by atoms with Gasteiger partial charge >= 0.3 is 35.8 Å². The van der Waals surface area contributed by atoms with Crippen LogP contribution in [0.15, 0.2) is 72.8 Å². The summed E-state index contributed by atoms with van der Waals surface area (Å²) in [7, 11) is 0. The van der Waals surface area contributed by atoms with E-state index in [4.69, 9.17) is 29.2 Å². The molecule has 0 radical (unpaired) electrons. The predicted octanol–water partition coefficient (Wildman–Crippen LogP) is 4.67. The van der Waals surface area contributed by atoms with Gasteiger partial charge < -0.3 is 29.2 Å². The van der Waals surface area contributed by atoms with Crippen LogP contribution in [0.2, 0.25) is 0 Å². The molecule has 0 aliphatic rings. The summed E-state index contributed by atoms with van der Waals surface area (Å²) in [6.45, 7) is 0.396. The van der Waals surface area contributed by atoms with Gasteiger partial charge in [-0.15, -0.1) is 0 Å². The summed E-state index contributed by atoms with van der Waals surface area (Å²) in [4.78, 5) is 70.2. The third-order valence-corrected chi connectivity index (χ3v) is 6.10. The maximum absolute atomic E-state index is 12.3. The van der Waals surface area contributed by atoms with Crippen molar-refractivity contribution < 1.29 is 57.9 Å². The summed E-state index contributed by atoms with van der Waals surface area (Å²) < 4.78 is 20.7. The normalized spacial score (nSPS) is 10.4. The highest BCUT2D eigenvalue weighted by Gasteiger charge is 2.13. The van der Waals surface area contributed by atoms with Gasteiger partial charge in [-0.25, -0.2) is 28.8 Å². The molecule has 12 nitrogen and oxygen atoms in total. The number of benzene rings is 3. The molecule has 0 aliphatic heterocycles. The number of carbonyl (C=O) groups excluding carboxylic acids is 4. The number of unbranched alkanes of at least 4 members (excludes halogenated alkanes) is 2. The fourth-order valence-electron chi connectivity index (χ4n) is 3.64. The number of carboxylic acid groups (broad SMARTS) is 2. The van der Waals surface area contributed by atoms with E-state index in [1.54, 1.807) is 0 Å². The maximum atomic E-state index is 12.3. The topological polar surface area (TPSA) is 180 Å². The zero-order chi connectivity index (χ0) is 31.9. The largest absolute Gasteiger partial charge is 0.478 e. The van der Waals surface area contributed by atoms with Gasteiger partial charge in [0, 0.05) is 0 Å². The van der Waals surface area contributed by atoms with Gasteiger partial charge in [-0.05, 0) is 98.5 Å². The molecule has 0 atom stereocenters. The zero-order valence-electron chi connectivity index (χ0n) is 23.6. The molecule has 2 N–H and O–H groups in total. The summed E-state index contributed by atoms with van der Waals surface area (Å²) in [5.41, 5.74) is 1.09. The van der Waals surface area contributed by atoms with Crippen LogP contribution in [-0.4, -0.2) is 72.5 Å². The van der Waals surface area contributed by atoms with Crippen molar-refractivity contribution in [1.29, 1.82) is 0 Å². The van der Waals surface area contributed by atoms with E-state index < -0.39 is 35.8 Å². The van der Waals surface area contributed by atoms with Crippen LogP contribution >= 0.6 is 0 Å². The molecular formula is C32H30O12. The van der Waals surface area contributed by atoms with Crippen molar-refractivity contribution in [2.75, 3.05) is 26.4 Å². The Morgan fingerprint density at radius 3 is 0.727 bits per heavy atom. The van der Waals surface area contributed by atoms with Gasteiger partial charge in [-0.3, -0.25) is 0 Å². The van der Waals surface area contributed by atoms with Crippen molar-refractivity contribution in [3.63, 3.8) is 0 Å². The van der Waals surface area contributed by atoms with Crippen LogP contribution < -0.4 is 0 Å². The van der Waals surface area contributed by atoms with Crippen LogP contribution in [-0.2, 0) is 18.9 Å². The van der Waals surface area contributed by atoms with Crippen LogP contribution in [0.25, 0.3) is 0 Å². The number of rotatable bonds is 16. The fraction of sp³-hybridized carbons (Fsp3) is 0.250. The Balaban J connectivity index is 1.26. The summed E-state index contributed by atoms with van der Waals surface area (Å²) in [5, 5.41) is 17.8. The first-order chi connectivity index (χ1) is 21.2. The molecule has 0 heterocycles. The number of esters is 4. The standard InChI is InChI=1S/C32H30O12/c33-27(34)21-5-9-23(10-6-21)29(37)41-17-1-3-19-43-31(39)25-13-15-26(16-14-25)32(40)44-20-4-2-18-42-30(38)24-11-7-22(8-12-24)28(35)36/h5-16H,1-4,17-20H2,(H,33,34)(H,35,36). The average Bonchev–Trinajstić information content (AvgIpc) is 3.03. The molecule has 3 rings (SSSR count). The highest BCUT2D eigenvalue weighted by atomic mass is 16.5. The zero-order valence-corrected chi connectivity index (χ0v) is 23.6. The van der Waals surface area contributed by atoms with Gasteiger partial charge in [0.15, 0.2) is 0 Å². The maximum Gasteiger partial charge on any atom is 0.338 e. The van der Waals surface area contributed by atoms with E-state index >= 15 is 0 Å². The Labute approximate surface area is 252 Å². The van der Waals surface area contributed by atoms with Crippen LogP contribution in [0.5, 0.6) is 0 Å². The Kier molecular flexibility index (Phi) is 12.6. The molecule has 3 aromatic rings. The lowest BCUT2D eigenvalue weighted by molar-refractivity contribution is 0.0429. The number of aromatic carboxylic acids is 2. The second-order valence-corrected chi connectivity index (χ2v) is 9.30. The molecule has 0 saturated carbocycles. The molecule has 0 fully saturated rings. The average molecular weight is 607 g/mol. The number of carboxylic acids is 2. The Morgan fingerprint density at radius 2 is 0.545 bits per heavy atom. The molecule has 3 aromatic carbocycles. The smallest absolute Gasteiger partial charge is 0.338 e. The minimum absolute atomic E-state index is 0.0643. The third-order valence-electron chi connectivity index (χ3n) is 6.10. The molecule has 0 bridgehead atoms. The molecule has 0 unspecified atom stereocenters. The third kappa shape index (κ3) is 10.4. The summed E-state index contributed by atoms with van der Waals surface area (Å²) in [6.07, 6.45) is 1.78. The van der Waals surface area contributed by atoms with E-state index in [0.717, 1.165) is 0 Å². The Hall–Kier alpha value is -5.52. The van der Waals surface area contributed by atoms with Gasteiger partial charge in [0.2, 0.25) is 0 Å². The lowest BCUT2D eigenvalue weighted by Gasteiger charge is -2.08. The number of hydrogen-bond acceptors (Lipinski definition) is 10. The molecule has 44 heavy (non-hydrogen) atoms. The Morgan fingerprint density at radius 1 is 0.364 bits per heavy atom. The van der Waals surface area contributed by atoms with Crippen molar-refractivity contribution in [1.82, 2.24) is 0 Å². The molecule has 0 saturated heterocycles. The van der Waals surface area contributed by atoms with E-state index in [-0.39, 0.29) is 59.8 Å². The van der Waals surface area contributed by atoms with Crippen LogP contribution in [0, 0.1) is 0 Å². The van der Waals surface area contributed by atoms with E-state index in [2.05, 4.69) is 0 Å². The second-order valence-electron chi connectivity index (χ2n) is 9.30. The van der Waals surface area contributed by atoms with Crippen molar-refractivity contribution in [2.45, 2.75) is 25.7 Å². The van der Waals surface area contributed by atoms with Gasteiger partial charge in [0.25, 0.3) is 0 Å². The van der Waals surface area contributed by atoms with Crippen molar-refractivity contribution in [3.05, 3.63) is 106 Å².